The van der Waals surface area contributed by atoms with Crippen LogP contribution in [0, 0.1) is 0 Å². The van der Waals surface area contributed by atoms with Crippen molar-refractivity contribution in [2.75, 3.05) is 26.1 Å². The Balaban J connectivity index is 1.94. The Labute approximate surface area is 159 Å². The Hall–Kier alpha value is -2.25. The van der Waals surface area contributed by atoms with E-state index in [9.17, 15) is 4.79 Å². The third kappa shape index (κ3) is 5.65. The van der Waals surface area contributed by atoms with Gasteiger partial charge in [0, 0.05) is 22.3 Å². The van der Waals surface area contributed by atoms with Crippen molar-refractivity contribution in [2.24, 2.45) is 5.10 Å². The van der Waals surface area contributed by atoms with E-state index in [-0.39, 0.29) is 12.5 Å². The van der Waals surface area contributed by atoms with Crippen LogP contribution in [0.3, 0.4) is 0 Å². The summed E-state index contributed by atoms with van der Waals surface area (Å²) < 4.78 is 11.3. The molecule has 2 rings (SSSR count). The molecule has 0 heterocycles. The highest BCUT2D eigenvalue weighted by Crippen LogP contribution is 2.31. The zero-order valence-corrected chi connectivity index (χ0v) is 16.0. The lowest BCUT2D eigenvalue weighted by Crippen LogP contribution is -2.25. The standard InChI is InChI=1S/C17H17BrClN3O3/c1-24-15-8-16(25-2)14(18)6-11(15)9-21-22-17(23)10-20-13-5-3-4-12(19)7-13/h3-9,20H,10H2,1-2H3,(H,22,23). The SMILES string of the molecule is COc1cc(OC)c(C=NNC(=O)CNc2cccc(Cl)c2)cc1Br. The number of ether oxygens (including phenoxy) is 2. The van der Waals surface area contributed by atoms with Crippen LogP contribution in [-0.2, 0) is 4.79 Å². The monoisotopic (exact) mass is 425 g/mol. The van der Waals surface area contributed by atoms with Crippen molar-refractivity contribution >= 4 is 45.3 Å². The maximum absolute atomic E-state index is 11.8. The summed E-state index contributed by atoms with van der Waals surface area (Å²) in [6, 6.07) is 10.6. The highest BCUT2D eigenvalue weighted by atomic mass is 79.9. The van der Waals surface area contributed by atoms with E-state index >= 15 is 0 Å². The van der Waals surface area contributed by atoms with Gasteiger partial charge in [0.2, 0.25) is 0 Å². The quantitative estimate of drug-likeness (QED) is 0.523. The summed E-state index contributed by atoms with van der Waals surface area (Å²) in [7, 11) is 3.12. The number of carbonyl (C=O) groups excluding carboxylic acids is 1. The first-order chi connectivity index (χ1) is 12.0. The van der Waals surface area contributed by atoms with E-state index in [1.54, 1.807) is 44.6 Å². The van der Waals surface area contributed by atoms with Crippen molar-refractivity contribution in [3.63, 3.8) is 0 Å². The lowest BCUT2D eigenvalue weighted by Gasteiger charge is -2.09. The van der Waals surface area contributed by atoms with Gasteiger partial charge in [-0.1, -0.05) is 17.7 Å². The van der Waals surface area contributed by atoms with Crippen molar-refractivity contribution in [1.29, 1.82) is 0 Å². The van der Waals surface area contributed by atoms with Gasteiger partial charge in [0.25, 0.3) is 5.91 Å². The zero-order chi connectivity index (χ0) is 18.2. The van der Waals surface area contributed by atoms with Crippen molar-refractivity contribution in [1.82, 2.24) is 5.43 Å². The van der Waals surface area contributed by atoms with Crippen LogP contribution in [0.15, 0.2) is 46.0 Å². The molecule has 2 aromatic rings. The van der Waals surface area contributed by atoms with Gasteiger partial charge in [-0.15, -0.1) is 0 Å². The fourth-order valence-electron chi connectivity index (χ4n) is 1.98. The summed E-state index contributed by atoms with van der Waals surface area (Å²) in [5, 5.41) is 7.50. The van der Waals surface area contributed by atoms with E-state index in [0.29, 0.717) is 22.1 Å². The van der Waals surface area contributed by atoms with Crippen LogP contribution in [0.25, 0.3) is 0 Å². The summed E-state index contributed by atoms with van der Waals surface area (Å²) >= 11 is 9.28. The predicted octanol–water partition coefficient (Wildman–Crippen LogP) is 3.68. The highest BCUT2D eigenvalue weighted by Gasteiger charge is 2.08. The van der Waals surface area contributed by atoms with Gasteiger partial charge in [-0.2, -0.15) is 5.10 Å². The number of amides is 1. The lowest BCUT2D eigenvalue weighted by atomic mass is 10.2. The molecule has 25 heavy (non-hydrogen) atoms. The molecule has 0 saturated heterocycles. The summed E-state index contributed by atoms with van der Waals surface area (Å²) in [4.78, 5) is 11.8. The second-order valence-electron chi connectivity index (χ2n) is 4.89. The number of anilines is 1. The summed E-state index contributed by atoms with van der Waals surface area (Å²) in [6.45, 7) is 0.0706. The van der Waals surface area contributed by atoms with Gasteiger partial charge < -0.3 is 14.8 Å². The van der Waals surface area contributed by atoms with Gasteiger partial charge in [0.05, 0.1) is 31.5 Å². The van der Waals surface area contributed by atoms with Gasteiger partial charge >= 0.3 is 0 Å². The molecule has 2 N–H and O–H groups in total. The number of nitrogens with one attached hydrogen (secondary N) is 2. The van der Waals surface area contributed by atoms with Crippen LogP contribution in [0.1, 0.15) is 5.56 Å². The van der Waals surface area contributed by atoms with Gasteiger partial charge in [-0.3, -0.25) is 4.79 Å². The summed E-state index contributed by atoms with van der Waals surface area (Å²) in [6.07, 6.45) is 1.50. The summed E-state index contributed by atoms with van der Waals surface area (Å²) in [5.41, 5.74) is 3.90. The number of hydrogen-bond donors (Lipinski definition) is 2. The smallest absolute Gasteiger partial charge is 0.259 e. The number of hydrazone groups is 1. The van der Waals surface area contributed by atoms with Crippen molar-refractivity contribution in [3.8, 4) is 11.5 Å². The first kappa shape index (κ1) is 19.1. The molecule has 0 bridgehead atoms. The third-order valence-corrected chi connectivity index (χ3v) is 4.03. The molecule has 0 atom stereocenters. The average molecular weight is 427 g/mol. The molecule has 0 radical (unpaired) electrons. The molecule has 0 aliphatic rings. The van der Waals surface area contributed by atoms with Gasteiger partial charge in [0.15, 0.2) is 0 Å². The molecule has 0 aliphatic carbocycles. The van der Waals surface area contributed by atoms with Crippen LogP contribution in [-0.4, -0.2) is 32.9 Å². The Kier molecular flexibility index (Phi) is 7.09. The van der Waals surface area contributed by atoms with Crippen LogP contribution in [0.4, 0.5) is 5.69 Å². The topological polar surface area (TPSA) is 72.0 Å². The first-order valence-corrected chi connectivity index (χ1v) is 8.43. The third-order valence-electron chi connectivity index (χ3n) is 3.17. The Morgan fingerprint density at radius 2 is 2.00 bits per heavy atom. The van der Waals surface area contributed by atoms with E-state index in [1.165, 1.54) is 6.21 Å². The number of rotatable bonds is 7. The molecular weight excluding hydrogens is 410 g/mol. The molecule has 0 unspecified atom stereocenters. The molecule has 0 aromatic heterocycles. The van der Waals surface area contributed by atoms with E-state index in [2.05, 4.69) is 31.8 Å². The lowest BCUT2D eigenvalue weighted by molar-refractivity contribution is -0.119. The minimum atomic E-state index is -0.289. The second kappa shape index (κ2) is 9.29. The van der Waals surface area contributed by atoms with Crippen molar-refractivity contribution < 1.29 is 14.3 Å². The minimum absolute atomic E-state index is 0.0706. The highest BCUT2D eigenvalue weighted by molar-refractivity contribution is 9.10. The largest absolute Gasteiger partial charge is 0.496 e. The van der Waals surface area contributed by atoms with Crippen LogP contribution in [0.2, 0.25) is 5.02 Å². The van der Waals surface area contributed by atoms with Gasteiger partial charge in [0.1, 0.15) is 11.5 Å². The number of carbonyl (C=O) groups is 1. The number of methoxy groups -OCH3 is 2. The Bertz CT molecular complexity index is 784. The Morgan fingerprint density at radius 1 is 1.24 bits per heavy atom. The number of benzene rings is 2. The van der Waals surface area contributed by atoms with Crippen LogP contribution in [0.5, 0.6) is 11.5 Å². The number of nitrogens with zero attached hydrogens (tertiary/aromatic N) is 1. The molecule has 0 fully saturated rings. The summed E-state index contributed by atoms with van der Waals surface area (Å²) in [5.74, 6) is 0.932. The molecule has 0 spiro atoms. The number of hydrogen-bond acceptors (Lipinski definition) is 5. The second-order valence-corrected chi connectivity index (χ2v) is 6.18. The first-order valence-electron chi connectivity index (χ1n) is 7.26. The van der Waals surface area contributed by atoms with Crippen LogP contribution >= 0.6 is 27.5 Å². The van der Waals surface area contributed by atoms with Gasteiger partial charge in [-0.25, -0.2) is 5.43 Å². The molecule has 6 nitrogen and oxygen atoms in total. The number of halogens is 2. The molecular formula is C17H17BrClN3O3. The molecule has 1 amide bonds. The molecule has 8 heteroatoms. The molecule has 2 aromatic carbocycles. The predicted molar refractivity (Wildman–Crippen MR) is 103 cm³/mol. The fraction of sp³-hybridized carbons (Fsp3) is 0.176. The molecule has 0 saturated carbocycles. The van der Waals surface area contributed by atoms with E-state index in [4.69, 9.17) is 21.1 Å². The maximum Gasteiger partial charge on any atom is 0.259 e. The van der Waals surface area contributed by atoms with Crippen LogP contribution < -0.4 is 20.2 Å². The van der Waals surface area contributed by atoms with E-state index < -0.39 is 0 Å². The zero-order valence-electron chi connectivity index (χ0n) is 13.7. The molecule has 132 valence electrons. The molecule has 0 aliphatic heterocycles. The van der Waals surface area contributed by atoms with Gasteiger partial charge in [-0.05, 0) is 40.2 Å². The average Bonchev–Trinajstić information content (AvgIpc) is 2.60. The minimum Gasteiger partial charge on any atom is -0.496 e. The van der Waals surface area contributed by atoms with Crippen molar-refractivity contribution in [3.05, 3.63) is 51.5 Å². The van der Waals surface area contributed by atoms with E-state index in [0.717, 1.165) is 10.2 Å². The normalized spacial score (nSPS) is 10.6. The fourth-order valence-corrected chi connectivity index (χ4v) is 2.69. The Morgan fingerprint density at radius 3 is 2.68 bits per heavy atom. The van der Waals surface area contributed by atoms with E-state index in [1.807, 2.05) is 6.07 Å². The maximum atomic E-state index is 11.8. The van der Waals surface area contributed by atoms with Crippen molar-refractivity contribution in [2.45, 2.75) is 0 Å².